The van der Waals surface area contributed by atoms with Crippen LogP contribution >= 0.6 is 0 Å². The van der Waals surface area contributed by atoms with Crippen LogP contribution in [0.2, 0.25) is 0 Å². The van der Waals surface area contributed by atoms with Crippen molar-refractivity contribution in [1.82, 2.24) is 24.8 Å². The van der Waals surface area contributed by atoms with Crippen LogP contribution in [0.1, 0.15) is 51.0 Å². The summed E-state index contributed by atoms with van der Waals surface area (Å²) in [6, 6.07) is 7.66. The third-order valence-corrected chi connectivity index (χ3v) is 7.43. The number of anilines is 2. The van der Waals surface area contributed by atoms with Gasteiger partial charge >= 0.3 is 0 Å². The van der Waals surface area contributed by atoms with E-state index in [4.69, 9.17) is 18.9 Å². The predicted octanol–water partition coefficient (Wildman–Crippen LogP) is 1.53. The van der Waals surface area contributed by atoms with Crippen molar-refractivity contribution >= 4 is 29.1 Å². The van der Waals surface area contributed by atoms with E-state index >= 15 is 0 Å². The maximum absolute atomic E-state index is 14.1. The number of aryl methyl sites for hydroxylation is 1. The Balaban J connectivity index is 1.46. The third-order valence-electron chi connectivity index (χ3n) is 7.43. The summed E-state index contributed by atoms with van der Waals surface area (Å²) in [7, 11) is 1.91. The highest BCUT2D eigenvalue weighted by Gasteiger charge is 2.33. The van der Waals surface area contributed by atoms with E-state index in [-0.39, 0.29) is 41.3 Å². The first-order valence-electron chi connectivity index (χ1n) is 14.5. The van der Waals surface area contributed by atoms with E-state index in [2.05, 4.69) is 5.32 Å². The SMILES string of the molecule is [2H]C([2H])([2H])c1ccc2c(c1)C(=O)N1CCCCC1c1cc3nc(N4CC(O)C4)cc(n3n1)N(C)CCNC(=O)CO2. The number of likely N-dealkylation sites (N-methyl/N-ethyl adjacent to an activating group) is 1. The Hall–Kier alpha value is -3.86. The van der Waals surface area contributed by atoms with Crippen molar-refractivity contribution in [3.63, 3.8) is 0 Å². The minimum absolute atomic E-state index is 0.0221. The van der Waals surface area contributed by atoms with Crippen LogP contribution in [0.5, 0.6) is 5.75 Å². The fraction of sp³-hybridized carbons (Fsp3) is 0.481. The molecule has 5 heterocycles. The summed E-state index contributed by atoms with van der Waals surface area (Å²) in [6.07, 6.45) is 1.99. The summed E-state index contributed by atoms with van der Waals surface area (Å²) < 4.78 is 31.1. The highest BCUT2D eigenvalue weighted by molar-refractivity contribution is 5.97. The van der Waals surface area contributed by atoms with Gasteiger partial charge in [0.1, 0.15) is 17.4 Å². The molecular formula is C27H33N7O4. The molecule has 0 radical (unpaired) electrons. The smallest absolute Gasteiger partial charge is 0.258 e. The van der Waals surface area contributed by atoms with Gasteiger partial charge in [0.15, 0.2) is 12.3 Å². The van der Waals surface area contributed by atoms with Crippen molar-refractivity contribution in [3.05, 3.63) is 47.2 Å². The number of aliphatic hydroxyl groups excluding tert-OH is 1. The lowest BCUT2D eigenvalue weighted by Crippen LogP contribution is -2.51. The maximum atomic E-state index is 14.1. The molecule has 11 heteroatoms. The molecule has 1 aromatic carbocycles. The molecule has 3 aliphatic heterocycles. The number of aliphatic hydroxyl groups is 1. The van der Waals surface area contributed by atoms with Crippen LogP contribution in [0.4, 0.5) is 11.6 Å². The third kappa shape index (κ3) is 4.51. The zero-order valence-electron chi connectivity index (χ0n) is 24.3. The number of carbonyl (C=O) groups is 2. The molecule has 11 nitrogen and oxygen atoms in total. The van der Waals surface area contributed by atoms with Crippen molar-refractivity contribution in [3.8, 4) is 5.75 Å². The van der Waals surface area contributed by atoms with Crippen molar-refractivity contribution in [1.29, 1.82) is 0 Å². The van der Waals surface area contributed by atoms with E-state index in [1.165, 1.54) is 18.2 Å². The Morgan fingerprint density at radius 1 is 1.16 bits per heavy atom. The van der Waals surface area contributed by atoms with Crippen LogP contribution in [0.3, 0.4) is 0 Å². The average Bonchev–Trinajstić information content (AvgIpc) is 3.36. The van der Waals surface area contributed by atoms with E-state index in [9.17, 15) is 14.7 Å². The van der Waals surface area contributed by atoms with Gasteiger partial charge in [0, 0.05) is 56.0 Å². The summed E-state index contributed by atoms with van der Waals surface area (Å²) in [6.45, 7) is -0.474. The molecule has 6 rings (SSSR count). The summed E-state index contributed by atoms with van der Waals surface area (Å²) in [5.41, 5.74) is 1.43. The number of nitrogens with one attached hydrogen (secondary N) is 1. The van der Waals surface area contributed by atoms with Gasteiger partial charge in [-0.3, -0.25) is 9.59 Å². The van der Waals surface area contributed by atoms with E-state index in [1.54, 1.807) is 9.42 Å². The molecule has 2 saturated heterocycles. The molecule has 2 amide bonds. The first-order chi connectivity index (χ1) is 19.6. The Bertz CT molecular complexity index is 1490. The quantitative estimate of drug-likeness (QED) is 0.495. The monoisotopic (exact) mass is 522 g/mol. The highest BCUT2D eigenvalue weighted by atomic mass is 16.5. The molecule has 200 valence electrons. The molecular weight excluding hydrogens is 486 g/mol. The highest BCUT2D eigenvalue weighted by Crippen LogP contribution is 2.35. The Morgan fingerprint density at radius 3 is 2.84 bits per heavy atom. The van der Waals surface area contributed by atoms with E-state index in [1.807, 2.05) is 29.0 Å². The second-order valence-corrected chi connectivity index (χ2v) is 10.2. The Kier molecular flexibility index (Phi) is 5.44. The largest absolute Gasteiger partial charge is 0.483 e. The second-order valence-electron chi connectivity index (χ2n) is 10.2. The van der Waals surface area contributed by atoms with Gasteiger partial charge in [-0.2, -0.15) is 9.61 Å². The Morgan fingerprint density at radius 2 is 2.03 bits per heavy atom. The number of amides is 2. The molecule has 0 saturated carbocycles. The van der Waals surface area contributed by atoms with Crippen molar-refractivity contribution < 1.29 is 23.5 Å². The lowest BCUT2D eigenvalue weighted by molar-refractivity contribution is -0.123. The summed E-state index contributed by atoms with van der Waals surface area (Å²) in [5.74, 6) is 0.898. The van der Waals surface area contributed by atoms with Gasteiger partial charge in [-0.25, -0.2) is 4.98 Å². The summed E-state index contributed by atoms with van der Waals surface area (Å²) in [4.78, 5) is 37.3. The molecule has 3 aliphatic rings. The summed E-state index contributed by atoms with van der Waals surface area (Å²) in [5, 5.41) is 17.6. The number of rotatable bonds is 1. The van der Waals surface area contributed by atoms with Crippen molar-refractivity contribution in [2.24, 2.45) is 0 Å². The van der Waals surface area contributed by atoms with Crippen LogP contribution in [-0.2, 0) is 4.79 Å². The molecule has 1 atom stereocenters. The summed E-state index contributed by atoms with van der Waals surface area (Å²) >= 11 is 0. The van der Waals surface area contributed by atoms with E-state index in [0.29, 0.717) is 56.3 Å². The molecule has 1 unspecified atom stereocenters. The standard InChI is InChI=1S/C27H33N7O4/c1-17-6-7-22-19(11-17)27(37)33-9-4-3-5-21(33)20-12-24-29-23(32-14-18(35)15-32)13-26(34(24)30-20)31(2)10-8-28-25(36)16-38-22/h6-7,11-13,18,21,35H,3-5,8-10,14-16H2,1-2H3,(H,28,36)/i1D3. The van der Waals surface area contributed by atoms with Crippen LogP contribution < -0.4 is 19.9 Å². The lowest BCUT2D eigenvalue weighted by Gasteiger charge is -2.37. The van der Waals surface area contributed by atoms with Crippen LogP contribution in [-0.4, -0.2) is 88.9 Å². The molecule has 3 aromatic rings. The Labute approximate surface area is 225 Å². The average molecular weight is 523 g/mol. The number of ether oxygens (including phenoxy) is 1. The van der Waals surface area contributed by atoms with Crippen LogP contribution in [0.15, 0.2) is 30.3 Å². The molecule has 2 bridgehead atoms. The lowest BCUT2D eigenvalue weighted by atomic mass is 9.97. The molecule has 2 N–H and O–H groups in total. The number of hydrogen-bond donors (Lipinski definition) is 2. The van der Waals surface area contributed by atoms with E-state index < -0.39 is 13.0 Å². The van der Waals surface area contributed by atoms with Gasteiger partial charge in [0.2, 0.25) is 0 Å². The van der Waals surface area contributed by atoms with Crippen LogP contribution in [0, 0.1) is 6.85 Å². The normalized spacial score (nSPS) is 22.6. The van der Waals surface area contributed by atoms with E-state index in [0.717, 1.165) is 18.7 Å². The topological polar surface area (TPSA) is 116 Å². The van der Waals surface area contributed by atoms with Crippen molar-refractivity contribution in [2.75, 3.05) is 56.2 Å². The van der Waals surface area contributed by atoms with Gasteiger partial charge in [-0.1, -0.05) is 11.6 Å². The van der Waals surface area contributed by atoms with Gasteiger partial charge in [-0.15, -0.1) is 0 Å². The molecule has 2 aromatic heterocycles. The first kappa shape index (κ1) is 21.1. The number of benzene rings is 1. The minimum atomic E-state index is -2.41. The number of hydrogen-bond acceptors (Lipinski definition) is 8. The van der Waals surface area contributed by atoms with Gasteiger partial charge in [0.25, 0.3) is 11.8 Å². The zero-order valence-corrected chi connectivity index (χ0v) is 21.3. The van der Waals surface area contributed by atoms with Gasteiger partial charge in [-0.05, 0) is 38.2 Å². The van der Waals surface area contributed by atoms with Crippen molar-refractivity contribution in [2.45, 2.75) is 38.3 Å². The fourth-order valence-corrected chi connectivity index (χ4v) is 5.33. The number of aromatic nitrogens is 3. The fourth-order valence-electron chi connectivity index (χ4n) is 5.33. The molecule has 0 spiro atoms. The van der Waals surface area contributed by atoms with Gasteiger partial charge in [0.05, 0.1) is 23.4 Å². The van der Waals surface area contributed by atoms with Crippen LogP contribution in [0.25, 0.3) is 5.65 Å². The number of piperidine rings is 1. The molecule has 0 aliphatic carbocycles. The number of nitrogens with zero attached hydrogens (tertiary/aromatic N) is 6. The minimum Gasteiger partial charge on any atom is -0.483 e. The first-order valence-corrected chi connectivity index (χ1v) is 13.0. The zero-order chi connectivity index (χ0) is 28.9. The number of β-amino-alcohol motifs (C(OH)–C–C–N with tert-alkyl or cyclic N) is 1. The van der Waals surface area contributed by atoms with Gasteiger partial charge < -0.3 is 29.9 Å². The second kappa shape index (κ2) is 9.79. The maximum Gasteiger partial charge on any atom is 0.258 e. The molecule has 2 fully saturated rings. The predicted molar refractivity (Wildman–Crippen MR) is 142 cm³/mol. The number of fused-ring (bicyclic) bond motifs is 4. The number of carbonyl (C=O) groups excluding carboxylic acids is 2. The molecule has 38 heavy (non-hydrogen) atoms.